The number of hydrogen-bond donors (Lipinski definition) is 2. The van der Waals surface area contributed by atoms with E-state index in [9.17, 15) is 13.2 Å². The lowest BCUT2D eigenvalue weighted by molar-refractivity contribution is 0.0955. The standard InChI is InChI=1S/C13H12ClN3O4S/c1-8-2-4-10(21-8)7-16-17-13(18)9-3-5-11(14)12(6-9)22(15,19)20/h2-7H,1H3,(H,17,18)(H2,15,19,20)/b16-7-. The Morgan fingerprint density at radius 3 is 2.68 bits per heavy atom. The maximum Gasteiger partial charge on any atom is 0.271 e. The summed E-state index contributed by atoms with van der Waals surface area (Å²) in [6, 6.07) is 7.15. The fourth-order valence-electron chi connectivity index (χ4n) is 1.60. The number of benzene rings is 1. The van der Waals surface area contributed by atoms with Crippen LogP contribution in [0.15, 0.2) is 44.7 Å². The number of amides is 1. The number of rotatable bonds is 4. The molecule has 0 aliphatic carbocycles. The maximum absolute atomic E-state index is 11.9. The number of primary sulfonamides is 1. The molecular formula is C13H12ClN3O4S. The van der Waals surface area contributed by atoms with Crippen LogP contribution in [0.2, 0.25) is 5.02 Å². The fraction of sp³-hybridized carbons (Fsp3) is 0.0769. The molecule has 1 amide bonds. The highest BCUT2D eigenvalue weighted by Crippen LogP contribution is 2.21. The molecule has 9 heteroatoms. The predicted molar refractivity (Wildman–Crippen MR) is 81.3 cm³/mol. The smallest absolute Gasteiger partial charge is 0.271 e. The number of aryl methyl sites for hydroxylation is 1. The van der Waals surface area contributed by atoms with Gasteiger partial charge in [0.15, 0.2) is 0 Å². The Balaban J connectivity index is 2.15. The third kappa shape index (κ3) is 3.94. The third-order valence-corrected chi connectivity index (χ3v) is 4.01. The van der Waals surface area contributed by atoms with Crippen molar-refractivity contribution in [3.63, 3.8) is 0 Å². The van der Waals surface area contributed by atoms with E-state index in [1.165, 1.54) is 18.3 Å². The molecule has 7 nitrogen and oxygen atoms in total. The lowest BCUT2D eigenvalue weighted by Crippen LogP contribution is -2.19. The quantitative estimate of drug-likeness (QED) is 0.649. The molecule has 0 fully saturated rings. The van der Waals surface area contributed by atoms with E-state index in [1.54, 1.807) is 19.1 Å². The van der Waals surface area contributed by atoms with E-state index in [2.05, 4.69) is 10.5 Å². The second-order valence-electron chi connectivity index (χ2n) is 4.34. The van der Waals surface area contributed by atoms with E-state index < -0.39 is 15.9 Å². The Morgan fingerprint density at radius 1 is 1.36 bits per heavy atom. The number of hydrogen-bond acceptors (Lipinski definition) is 5. The van der Waals surface area contributed by atoms with Gasteiger partial charge in [0.05, 0.1) is 11.2 Å². The van der Waals surface area contributed by atoms with E-state index in [0.717, 1.165) is 6.07 Å². The van der Waals surface area contributed by atoms with Gasteiger partial charge >= 0.3 is 0 Å². The largest absolute Gasteiger partial charge is 0.460 e. The average molecular weight is 342 g/mol. The predicted octanol–water partition coefficient (Wildman–Crippen LogP) is 1.65. The topological polar surface area (TPSA) is 115 Å². The molecule has 1 aromatic carbocycles. The van der Waals surface area contributed by atoms with Crippen LogP contribution in [0, 0.1) is 6.92 Å². The van der Waals surface area contributed by atoms with Crippen molar-refractivity contribution in [1.82, 2.24) is 5.43 Å². The van der Waals surface area contributed by atoms with Crippen LogP contribution >= 0.6 is 11.6 Å². The van der Waals surface area contributed by atoms with E-state index in [-0.39, 0.29) is 15.5 Å². The minimum Gasteiger partial charge on any atom is -0.460 e. The highest BCUT2D eigenvalue weighted by molar-refractivity contribution is 7.89. The number of nitrogens with zero attached hydrogens (tertiary/aromatic N) is 1. The van der Waals surface area contributed by atoms with E-state index in [1.807, 2.05) is 0 Å². The van der Waals surface area contributed by atoms with Crippen LogP contribution in [0.4, 0.5) is 0 Å². The molecule has 0 unspecified atom stereocenters. The molecule has 2 rings (SSSR count). The molecule has 0 spiro atoms. The molecule has 2 aromatic rings. The first-order valence-corrected chi connectivity index (χ1v) is 7.92. The van der Waals surface area contributed by atoms with Crippen molar-refractivity contribution in [3.8, 4) is 0 Å². The summed E-state index contributed by atoms with van der Waals surface area (Å²) in [5.41, 5.74) is 2.30. The van der Waals surface area contributed by atoms with Crippen LogP contribution in [0.1, 0.15) is 21.9 Å². The van der Waals surface area contributed by atoms with Crippen molar-refractivity contribution in [2.75, 3.05) is 0 Å². The summed E-state index contributed by atoms with van der Waals surface area (Å²) in [5.74, 6) is 0.573. The summed E-state index contributed by atoms with van der Waals surface area (Å²) in [5, 5.41) is 8.67. The Bertz CT molecular complexity index is 843. The molecule has 0 saturated heterocycles. The first kappa shape index (κ1) is 16.2. The van der Waals surface area contributed by atoms with Crippen LogP contribution < -0.4 is 10.6 Å². The summed E-state index contributed by atoms with van der Waals surface area (Å²) >= 11 is 5.74. The normalized spacial score (nSPS) is 11.8. The van der Waals surface area contributed by atoms with Gasteiger partial charge in [0.2, 0.25) is 10.0 Å². The van der Waals surface area contributed by atoms with E-state index >= 15 is 0 Å². The van der Waals surface area contributed by atoms with Gasteiger partial charge < -0.3 is 4.42 Å². The number of furan rings is 1. The molecule has 1 aromatic heterocycles. The van der Waals surface area contributed by atoms with Gasteiger partial charge in [-0.3, -0.25) is 4.79 Å². The number of nitrogens with one attached hydrogen (secondary N) is 1. The fourth-order valence-corrected chi connectivity index (χ4v) is 2.68. The van der Waals surface area contributed by atoms with Crippen LogP contribution in [0.3, 0.4) is 0 Å². The molecular weight excluding hydrogens is 330 g/mol. The minimum atomic E-state index is -4.02. The Hall–Kier alpha value is -2.16. The molecule has 3 N–H and O–H groups in total. The summed E-state index contributed by atoms with van der Waals surface area (Å²) in [6.45, 7) is 1.78. The molecule has 0 atom stereocenters. The van der Waals surface area contributed by atoms with Crippen molar-refractivity contribution >= 4 is 33.7 Å². The summed E-state index contributed by atoms with van der Waals surface area (Å²) in [7, 11) is -4.02. The highest BCUT2D eigenvalue weighted by atomic mass is 35.5. The molecule has 22 heavy (non-hydrogen) atoms. The Kier molecular flexibility index (Phi) is 4.65. The van der Waals surface area contributed by atoms with Crippen molar-refractivity contribution in [2.45, 2.75) is 11.8 Å². The summed E-state index contributed by atoms with van der Waals surface area (Å²) < 4.78 is 27.9. The molecule has 0 bridgehead atoms. The average Bonchev–Trinajstić information content (AvgIpc) is 2.83. The third-order valence-electron chi connectivity index (χ3n) is 2.62. The Labute approximate surface area is 131 Å². The van der Waals surface area contributed by atoms with Crippen molar-refractivity contribution < 1.29 is 17.6 Å². The number of carbonyl (C=O) groups excluding carboxylic acids is 1. The first-order valence-electron chi connectivity index (χ1n) is 5.99. The molecule has 116 valence electrons. The number of halogens is 1. The van der Waals surface area contributed by atoms with Gasteiger partial charge in [0.1, 0.15) is 16.4 Å². The lowest BCUT2D eigenvalue weighted by atomic mass is 10.2. The zero-order valence-corrected chi connectivity index (χ0v) is 13.0. The van der Waals surface area contributed by atoms with Crippen LogP contribution in [-0.4, -0.2) is 20.5 Å². The number of nitrogens with two attached hydrogens (primary N) is 1. The zero-order chi connectivity index (χ0) is 16.3. The van der Waals surface area contributed by atoms with E-state index in [0.29, 0.717) is 11.5 Å². The molecule has 0 radical (unpaired) electrons. The number of hydrazone groups is 1. The van der Waals surface area contributed by atoms with E-state index in [4.69, 9.17) is 21.2 Å². The number of carbonyl (C=O) groups is 1. The second-order valence-corrected chi connectivity index (χ2v) is 6.27. The van der Waals surface area contributed by atoms with Gasteiger partial charge in [-0.1, -0.05) is 11.6 Å². The molecule has 0 aliphatic heterocycles. The van der Waals surface area contributed by atoms with Crippen LogP contribution in [0.5, 0.6) is 0 Å². The zero-order valence-electron chi connectivity index (χ0n) is 11.4. The molecule has 0 saturated carbocycles. The van der Waals surface area contributed by atoms with Gasteiger partial charge in [-0.25, -0.2) is 19.0 Å². The monoisotopic (exact) mass is 341 g/mol. The molecule has 1 heterocycles. The van der Waals surface area contributed by atoms with Gasteiger partial charge in [-0.15, -0.1) is 0 Å². The maximum atomic E-state index is 11.9. The molecule has 0 aliphatic rings. The SMILES string of the molecule is Cc1ccc(/C=N\NC(=O)c2ccc(Cl)c(S(N)(=O)=O)c2)o1. The minimum absolute atomic E-state index is 0.0567. The van der Waals surface area contributed by atoms with Gasteiger partial charge in [-0.2, -0.15) is 5.10 Å². The highest BCUT2D eigenvalue weighted by Gasteiger charge is 2.16. The second kappa shape index (κ2) is 6.30. The van der Waals surface area contributed by atoms with Crippen LogP contribution in [0.25, 0.3) is 0 Å². The number of sulfonamides is 1. The lowest BCUT2D eigenvalue weighted by Gasteiger charge is -2.04. The van der Waals surface area contributed by atoms with Crippen molar-refractivity contribution in [3.05, 3.63) is 52.4 Å². The summed E-state index contributed by atoms with van der Waals surface area (Å²) in [4.78, 5) is 11.6. The van der Waals surface area contributed by atoms with Crippen LogP contribution in [-0.2, 0) is 10.0 Å². The first-order chi connectivity index (χ1) is 10.3. The van der Waals surface area contributed by atoms with Gasteiger partial charge in [0.25, 0.3) is 5.91 Å². The van der Waals surface area contributed by atoms with Crippen molar-refractivity contribution in [2.24, 2.45) is 10.2 Å². The summed E-state index contributed by atoms with van der Waals surface area (Å²) in [6.07, 6.45) is 1.32. The Morgan fingerprint density at radius 2 is 2.09 bits per heavy atom. The van der Waals surface area contributed by atoms with Gasteiger partial charge in [-0.05, 0) is 37.3 Å². The van der Waals surface area contributed by atoms with Crippen molar-refractivity contribution in [1.29, 1.82) is 0 Å². The van der Waals surface area contributed by atoms with Gasteiger partial charge in [0, 0.05) is 5.56 Å².